The van der Waals surface area contributed by atoms with Crippen molar-refractivity contribution in [1.29, 1.82) is 0 Å². The summed E-state index contributed by atoms with van der Waals surface area (Å²) in [6, 6.07) is 16.5. The van der Waals surface area contributed by atoms with Crippen LogP contribution in [0, 0.1) is 0 Å². The van der Waals surface area contributed by atoms with Gasteiger partial charge in [0.15, 0.2) is 0 Å². The van der Waals surface area contributed by atoms with E-state index in [2.05, 4.69) is 15.7 Å². The summed E-state index contributed by atoms with van der Waals surface area (Å²) in [6.07, 6.45) is 1.84. The molecule has 0 amide bonds. The zero-order valence-corrected chi connectivity index (χ0v) is 15.2. The molecule has 0 radical (unpaired) electrons. The van der Waals surface area contributed by atoms with E-state index in [1.165, 1.54) is 5.56 Å². The van der Waals surface area contributed by atoms with Crippen LogP contribution in [0.15, 0.2) is 59.5 Å². The summed E-state index contributed by atoms with van der Waals surface area (Å²) in [7, 11) is -1.80. The van der Waals surface area contributed by atoms with Gasteiger partial charge in [-0.15, -0.1) is 0 Å². The SMILES string of the molecule is COc1cccc(CN2CCC[C@@H](NS(=O)(=O)c3ccccc3)C2)c1. The van der Waals surface area contributed by atoms with E-state index in [9.17, 15) is 8.42 Å². The van der Waals surface area contributed by atoms with Gasteiger partial charge >= 0.3 is 0 Å². The molecular formula is C19H24N2O3S. The molecule has 1 aliphatic heterocycles. The van der Waals surface area contributed by atoms with Crippen molar-refractivity contribution < 1.29 is 13.2 Å². The minimum Gasteiger partial charge on any atom is -0.497 e. The second-order valence-electron chi connectivity index (χ2n) is 6.36. The minimum absolute atomic E-state index is 0.0652. The molecule has 5 nitrogen and oxygen atoms in total. The lowest BCUT2D eigenvalue weighted by Gasteiger charge is -2.33. The highest BCUT2D eigenvalue weighted by molar-refractivity contribution is 7.89. The number of rotatable bonds is 6. The van der Waals surface area contributed by atoms with E-state index >= 15 is 0 Å². The normalized spacial score (nSPS) is 18.8. The average Bonchev–Trinajstić information content (AvgIpc) is 2.62. The molecule has 0 aromatic heterocycles. The van der Waals surface area contributed by atoms with Crippen molar-refractivity contribution in [2.75, 3.05) is 20.2 Å². The molecule has 6 heteroatoms. The van der Waals surface area contributed by atoms with Crippen molar-refractivity contribution in [3.63, 3.8) is 0 Å². The van der Waals surface area contributed by atoms with Gasteiger partial charge in [-0.25, -0.2) is 13.1 Å². The van der Waals surface area contributed by atoms with Crippen LogP contribution in [-0.2, 0) is 16.6 Å². The van der Waals surface area contributed by atoms with E-state index in [4.69, 9.17) is 4.74 Å². The van der Waals surface area contributed by atoms with Gasteiger partial charge < -0.3 is 4.74 Å². The molecule has 0 unspecified atom stereocenters. The Morgan fingerprint density at radius 2 is 1.96 bits per heavy atom. The first-order valence-corrected chi connectivity index (χ1v) is 9.98. The van der Waals surface area contributed by atoms with E-state index in [1.807, 2.05) is 24.3 Å². The van der Waals surface area contributed by atoms with Crippen LogP contribution in [0.25, 0.3) is 0 Å². The van der Waals surface area contributed by atoms with Crippen molar-refractivity contribution in [1.82, 2.24) is 9.62 Å². The fraction of sp³-hybridized carbons (Fsp3) is 0.368. The number of likely N-dealkylation sites (tertiary alicyclic amines) is 1. The molecule has 1 atom stereocenters. The third-order valence-corrected chi connectivity index (χ3v) is 5.96. The summed E-state index contributed by atoms with van der Waals surface area (Å²) in [4.78, 5) is 2.61. The second-order valence-corrected chi connectivity index (χ2v) is 8.07. The Morgan fingerprint density at radius 3 is 2.72 bits per heavy atom. The zero-order chi connectivity index (χ0) is 17.7. The standard InChI is InChI=1S/C19H24N2O3S/c1-24-18-9-5-7-16(13-18)14-21-12-6-8-17(15-21)20-25(22,23)19-10-3-2-4-11-19/h2-5,7,9-11,13,17,20H,6,8,12,14-15H2,1H3/t17-/m1/s1. The first-order chi connectivity index (χ1) is 12.1. The molecule has 1 saturated heterocycles. The van der Waals surface area contributed by atoms with Gasteiger partial charge in [0, 0.05) is 19.1 Å². The van der Waals surface area contributed by atoms with Crippen LogP contribution in [-0.4, -0.2) is 39.6 Å². The van der Waals surface area contributed by atoms with Crippen LogP contribution in [0.5, 0.6) is 5.75 Å². The quantitative estimate of drug-likeness (QED) is 0.860. The van der Waals surface area contributed by atoms with Gasteiger partial charge in [-0.2, -0.15) is 0 Å². The van der Waals surface area contributed by atoms with Crippen molar-refractivity contribution in [2.45, 2.75) is 30.3 Å². The van der Waals surface area contributed by atoms with Gasteiger partial charge in [0.25, 0.3) is 0 Å². The van der Waals surface area contributed by atoms with Gasteiger partial charge in [0.2, 0.25) is 10.0 Å². The summed E-state index contributed by atoms with van der Waals surface area (Å²) >= 11 is 0. The van der Waals surface area contributed by atoms with Crippen molar-refractivity contribution >= 4 is 10.0 Å². The summed E-state index contributed by atoms with van der Waals surface area (Å²) in [5.41, 5.74) is 1.17. The lowest BCUT2D eigenvalue weighted by atomic mass is 10.1. The van der Waals surface area contributed by atoms with E-state index < -0.39 is 10.0 Å². The maximum atomic E-state index is 12.5. The Kier molecular flexibility index (Phi) is 5.73. The summed E-state index contributed by atoms with van der Waals surface area (Å²) in [5, 5.41) is 0. The first kappa shape index (κ1) is 17.9. The highest BCUT2D eigenvalue weighted by Crippen LogP contribution is 2.19. The summed E-state index contributed by atoms with van der Waals surface area (Å²) < 4.78 is 33.1. The van der Waals surface area contributed by atoms with Crippen LogP contribution in [0.3, 0.4) is 0 Å². The number of benzene rings is 2. The molecule has 0 aliphatic carbocycles. The predicted molar refractivity (Wildman–Crippen MR) is 98.1 cm³/mol. The molecule has 3 rings (SSSR count). The number of nitrogens with one attached hydrogen (secondary N) is 1. The molecule has 1 heterocycles. The Morgan fingerprint density at radius 1 is 1.16 bits per heavy atom. The number of hydrogen-bond donors (Lipinski definition) is 1. The number of hydrogen-bond acceptors (Lipinski definition) is 4. The van der Waals surface area contributed by atoms with Crippen molar-refractivity contribution in [2.24, 2.45) is 0 Å². The molecule has 2 aromatic rings. The number of methoxy groups -OCH3 is 1. The zero-order valence-electron chi connectivity index (χ0n) is 14.4. The van der Waals surface area contributed by atoms with E-state index in [-0.39, 0.29) is 6.04 Å². The van der Waals surface area contributed by atoms with Gasteiger partial charge in [0.1, 0.15) is 5.75 Å². The van der Waals surface area contributed by atoms with Gasteiger partial charge in [-0.05, 0) is 49.2 Å². The van der Waals surface area contributed by atoms with Crippen LogP contribution >= 0.6 is 0 Å². The van der Waals surface area contributed by atoms with Crippen LogP contribution in [0.1, 0.15) is 18.4 Å². The molecule has 1 aliphatic rings. The smallest absolute Gasteiger partial charge is 0.240 e. The molecule has 0 bridgehead atoms. The second kappa shape index (κ2) is 7.99. The molecule has 25 heavy (non-hydrogen) atoms. The third kappa shape index (κ3) is 4.81. The fourth-order valence-electron chi connectivity index (χ4n) is 3.21. The van der Waals surface area contributed by atoms with Gasteiger partial charge in [0.05, 0.1) is 12.0 Å². The summed E-state index contributed by atoms with van der Waals surface area (Å²) in [6.45, 7) is 2.48. The third-order valence-electron chi connectivity index (χ3n) is 4.42. The molecule has 134 valence electrons. The van der Waals surface area contributed by atoms with E-state index in [1.54, 1.807) is 31.4 Å². The lowest BCUT2D eigenvalue weighted by molar-refractivity contribution is 0.194. The number of sulfonamides is 1. The molecule has 0 saturated carbocycles. The molecule has 1 fully saturated rings. The van der Waals surface area contributed by atoms with Crippen LogP contribution < -0.4 is 9.46 Å². The Bertz CT molecular complexity index is 793. The van der Waals surface area contributed by atoms with Crippen molar-refractivity contribution in [3.05, 3.63) is 60.2 Å². The molecule has 1 N–H and O–H groups in total. The van der Waals surface area contributed by atoms with Gasteiger partial charge in [-0.3, -0.25) is 4.90 Å². The van der Waals surface area contributed by atoms with Crippen LogP contribution in [0.4, 0.5) is 0 Å². The highest BCUT2D eigenvalue weighted by Gasteiger charge is 2.25. The van der Waals surface area contributed by atoms with E-state index in [0.717, 1.165) is 31.7 Å². The highest BCUT2D eigenvalue weighted by atomic mass is 32.2. The largest absolute Gasteiger partial charge is 0.497 e. The molecule has 2 aromatic carbocycles. The summed E-state index contributed by atoms with van der Waals surface area (Å²) in [5.74, 6) is 0.843. The maximum absolute atomic E-state index is 12.5. The Labute approximate surface area is 149 Å². The Hall–Kier alpha value is -1.89. The maximum Gasteiger partial charge on any atom is 0.240 e. The van der Waals surface area contributed by atoms with E-state index in [0.29, 0.717) is 11.4 Å². The number of nitrogens with zero attached hydrogens (tertiary/aromatic N) is 1. The topological polar surface area (TPSA) is 58.6 Å². The average molecular weight is 360 g/mol. The monoisotopic (exact) mass is 360 g/mol. The fourth-order valence-corrected chi connectivity index (χ4v) is 4.49. The lowest BCUT2D eigenvalue weighted by Crippen LogP contribution is -2.47. The molecular weight excluding hydrogens is 336 g/mol. The predicted octanol–water partition coefficient (Wildman–Crippen LogP) is 2.64. The number of piperidine rings is 1. The number of ether oxygens (including phenoxy) is 1. The van der Waals surface area contributed by atoms with Crippen LogP contribution in [0.2, 0.25) is 0 Å². The Balaban J connectivity index is 1.63. The minimum atomic E-state index is -3.46. The van der Waals surface area contributed by atoms with Gasteiger partial charge in [-0.1, -0.05) is 30.3 Å². The first-order valence-electron chi connectivity index (χ1n) is 8.49. The van der Waals surface area contributed by atoms with Crippen molar-refractivity contribution in [3.8, 4) is 5.75 Å². The molecule has 0 spiro atoms.